The van der Waals surface area contributed by atoms with Crippen molar-refractivity contribution in [3.8, 4) is 0 Å². The second-order valence-electron chi connectivity index (χ2n) is 7.04. The van der Waals surface area contributed by atoms with Gasteiger partial charge in [0.05, 0.1) is 16.4 Å². The summed E-state index contributed by atoms with van der Waals surface area (Å²) in [7, 11) is -3.28. The van der Waals surface area contributed by atoms with Crippen molar-refractivity contribution in [1.29, 1.82) is 0 Å². The summed E-state index contributed by atoms with van der Waals surface area (Å²) in [5, 5.41) is 1.35. The molecule has 26 heavy (non-hydrogen) atoms. The average molecular weight is 394 g/mol. The molecule has 2 aliphatic rings. The van der Waals surface area contributed by atoms with E-state index in [-0.39, 0.29) is 24.0 Å². The number of sulfone groups is 1. The molecule has 138 valence electrons. The lowest BCUT2D eigenvalue weighted by Crippen LogP contribution is -2.41. The number of benzene rings is 1. The standard InChI is InChI=1S/C19H20FNO3S2/c20-15-5-3-14(4-6-15)19(8-9-19)18(22)21-10-7-17(16-2-1-12-25-16)26(23,24)13-11-21/h1-6,12,17H,7-11,13H2/t17-/m1/s1. The maximum absolute atomic E-state index is 13.2. The Morgan fingerprint density at radius 2 is 1.88 bits per heavy atom. The van der Waals surface area contributed by atoms with Crippen molar-refractivity contribution >= 4 is 27.1 Å². The number of rotatable bonds is 3. The van der Waals surface area contributed by atoms with E-state index in [0.717, 1.165) is 23.3 Å². The molecule has 7 heteroatoms. The van der Waals surface area contributed by atoms with Crippen molar-refractivity contribution in [2.24, 2.45) is 0 Å². The molecule has 0 N–H and O–H groups in total. The van der Waals surface area contributed by atoms with Crippen LogP contribution in [0.4, 0.5) is 4.39 Å². The van der Waals surface area contributed by atoms with Crippen molar-refractivity contribution in [2.45, 2.75) is 29.9 Å². The first-order chi connectivity index (χ1) is 12.4. The number of carbonyl (C=O) groups excluding carboxylic acids is 1. The second-order valence-corrected chi connectivity index (χ2v) is 10.3. The van der Waals surface area contributed by atoms with Crippen LogP contribution in [0.15, 0.2) is 41.8 Å². The number of halogens is 1. The highest BCUT2D eigenvalue weighted by Gasteiger charge is 2.53. The summed E-state index contributed by atoms with van der Waals surface area (Å²) in [6.45, 7) is 0.662. The smallest absolute Gasteiger partial charge is 0.233 e. The molecule has 4 rings (SSSR count). The molecule has 1 aliphatic carbocycles. The molecular weight excluding hydrogens is 373 g/mol. The molecule has 1 aromatic heterocycles. The summed E-state index contributed by atoms with van der Waals surface area (Å²) < 4.78 is 38.5. The van der Waals surface area contributed by atoms with Crippen LogP contribution in [0.2, 0.25) is 0 Å². The van der Waals surface area contributed by atoms with Gasteiger partial charge in [-0.15, -0.1) is 11.3 Å². The van der Waals surface area contributed by atoms with Crippen molar-refractivity contribution < 1.29 is 17.6 Å². The van der Waals surface area contributed by atoms with Gasteiger partial charge in [-0.25, -0.2) is 12.8 Å². The van der Waals surface area contributed by atoms with Crippen molar-refractivity contribution in [1.82, 2.24) is 4.90 Å². The predicted octanol–water partition coefficient (Wildman–Crippen LogP) is 3.31. The monoisotopic (exact) mass is 393 g/mol. The molecule has 1 amide bonds. The van der Waals surface area contributed by atoms with Gasteiger partial charge in [0.2, 0.25) is 5.91 Å². The molecule has 0 spiro atoms. The third-order valence-corrected chi connectivity index (χ3v) is 8.69. The molecule has 2 aromatic rings. The van der Waals surface area contributed by atoms with E-state index in [1.807, 2.05) is 17.5 Å². The second kappa shape index (κ2) is 6.46. The molecule has 1 atom stereocenters. The fraction of sp³-hybridized carbons (Fsp3) is 0.421. The molecule has 1 aromatic carbocycles. The lowest BCUT2D eigenvalue weighted by atomic mass is 9.94. The van der Waals surface area contributed by atoms with Crippen molar-refractivity contribution in [3.63, 3.8) is 0 Å². The zero-order chi connectivity index (χ0) is 18.4. The van der Waals surface area contributed by atoms with Gasteiger partial charge in [-0.1, -0.05) is 18.2 Å². The lowest BCUT2D eigenvalue weighted by molar-refractivity contribution is -0.133. The highest BCUT2D eigenvalue weighted by molar-refractivity contribution is 7.91. The van der Waals surface area contributed by atoms with Crippen molar-refractivity contribution in [3.05, 3.63) is 58.0 Å². The Labute approximate surface area is 156 Å². The molecule has 1 saturated carbocycles. The topological polar surface area (TPSA) is 54.5 Å². The Hall–Kier alpha value is -1.73. The van der Waals surface area contributed by atoms with E-state index in [1.54, 1.807) is 17.0 Å². The number of thiophene rings is 1. The SMILES string of the molecule is O=C(N1CC[C@H](c2cccs2)S(=O)(=O)CC1)C1(c2ccc(F)cc2)CC1. The largest absolute Gasteiger partial charge is 0.341 e. The van der Waals surface area contributed by atoms with Gasteiger partial charge in [0.25, 0.3) is 0 Å². The van der Waals surface area contributed by atoms with Gasteiger partial charge in [0.1, 0.15) is 5.82 Å². The Morgan fingerprint density at radius 1 is 1.15 bits per heavy atom. The molecule has 0 radical (unpaired) electrons. The van der Waals surface area contributed by atoms with Gasteiger partial charge in [-0.2, -0.15) is 0 Å². The summed E-state index contributed by atoms with van der Waals surface area (Å²) in [4.78, 5) is 15.7. The zero-order valence-electron chi connectivity index (χ0n) is 14.2. The van der Waals surface area contributed by atoms with Crippen LogP contribution in [0.3, 0.4) is 0 Å². The van der Waals surface area contributed by atoms with Gasteiger partial charge in [-0.3, -0.25) is 4.79 Å². The maximum Gasteiger partial charge on any atom is 0.233 e. The first kappa shape index (κ1) is 17.7. The average Bonchev–Trinajstić information content (AvgIpc) is 3.29. The number of hydrogen-bond acceptors (Lipinski definition) is 4. The highest BCUT2D eigenvalue weighted by atomic mass is 32.2. The van der Waals surface area contributed by atoms with Crippen LogP contribution < -0.4 is 0 Å². The number of amides is 1. The van der Waals surface area contributed by atoms with Gasteiger partial charge in [0, 0.05) is 18.0 Å². The van der Waals surface area contributed by atoms with Crippen LogP contribution in [0, 0.1) is 5.82 Å². The third kappa shape index (κ3) is 3.07. The number of hydrogen-bond donors (Lipinski definition) is 0. The Bertz CT molecular complexity index is 903. The fourth-order valence-electron chi connectivity index (χ4n) is 3.76. The van der Waals surface area contributed by atoms with Gasteiger partial charge >= 0.3 is 0 Å². The van der Waals surface area contributed by atoms with Crippen LogP contribution in [-0.4, -0.2) is 38.1 Å². The van der Waals surface area contributed by atoms with Crippen LogP contribution in [0.1, 0.15) is 35.0 Å². The van der Waals surface area contributed by atoms with Crippen LogP contribution >= 0.6 is 11.3 Å². The van der Waals surface area contributed by atoms with E-state index in [4.69, 9.17) is 0 Å². The van der Waals surface area contributed by atoms with Gasteiger partial charge in [-0.05, 0) is 48.4 Å². The Balaban J connectivity index is 1.56. The lowest BCUT2D eigenvalue weighted by Gasteiger charge is -2.26. The van der Waals surface area contributed by atoms with Crippen LogP contribution in [0.25, 0.3) is 0 Å². The number of nitrogens with zero attached hydrogens (tertiary/aromatic N) is 1. The first-order valence-corrected chi connectivity index (χ1v) is 11.3. The molecule has 2 fully saturated rings. The van der Waals surface area contributed by atoms with Crippen LogP contribution in [-0.2, 0) is 20.0 Å². The predicted molar refractivity (Wildman–Crippen MR) is 99.4 cm³/mol. The molecule has 1 aliphatic heterocycles. The molecular formula is C19H20FNO3S2. The summed E-state index contributed by atoms with van der Waals surface area (Å²) in [5.41, 5.74) is 0.228. The Kier molecular flexibility index (Phi) is 4.39. The molecule has 2 heterocycles. The van der Waals surface area contributed by atoms with Gasteiger partial charge < -0.3 is 4.90 Å². The third-order valence-electron chi connectivity index (χ3n) is 5.44. The normalized spacial score (nSPS) is 24.0. The molecule has 1 saturated heterocycles. The van der Waals surface area contributed by atoms with E-state index in [9.17, 15) is 17.6 Å². The van der Waals surface area contributed by atoms with E-state index < -0.39 is 20.5 Å². The van der Waals surface area contributed by atoms with Gasteiger partial charge in [0.15, 0.2) is 9.84 Å². The summed E-state index contributed by atoms with van der Waals surface area (Å²) in [6.07, 6.45) is 1.89. The molecule has 0 unspecified atom stereocenters. The highest BCUT2D eigenvalue weighted by Crippen LogP contribution is 2.50. The minimum absolute atomic E-state index is 0.0131. The first-order valence-electron chi connectivity index (χ1n) is 8.73. The zero-order valence-corrected chi connectivity index (χ0v) is 15.9. The summed E-state index contributed by atoms with van der Waals surface area (Å²) in [6, 6.07) is 9.81. The summed E-state index contributed by atoms with van der Waals surface area (Å²) >= 11 is 1.45. The van der Waals surface area contributed by atoms with E-state index in [2.05, 4.69) is 0 Å². The summed E-state index contributed by atoms with van der Waals surface area (Å²) in [5.74, 6) is -0.358. The quantitative estimate of drug-likeness (QED) is 0.804. The van der Waals surface area contributed by atoms with Crippen molar-refractivity contribution in [2.75, 3.05) is 18.8 Å². The maximum atomic E-state index is 13.2. The van der Waals surface area contributed by atoms with E-state index in [0.29, 0.717) is 13.0 Å². The molecule has 0 bridgehead atoms. The van der Waals surface area contributed by atoms with E-state index in [1.165, 1.54) is 23.5 Å². The Morgan fingerprint density at radius 3 is 2.50 bits per heavy atom. The number of carbonyl (C=O) groups is 1. The van der Waals surface area contributed by atoms with E-state index >= 15 is 0 Å². The fourth-order valence-corrected chi connectivity index (χ4v) is 6.77. The minimum Gasteiger partial charge on any atom is -0.341 e. The molecule has 4 nitrogen and oxygen atoms in total. The minimum atomic E-state index is -3.28. The van der Waals surface area contributed by atoms with Crippen LogP contribution in [0.5, 0.6) is 0 Å².